The molecule has 0 saturated carbocycles. The Hall–Kier alpha value is -10.1. The second kappa shape index (κ2) is 14.9. The molecular weight excluding hydrogens is 781 g/mol. The molecular formula is C51H24N12. The molecule has 0 fully saturated rings. The summed E-state index contributed by atoms with van der Waals surface area (Å²) in [5.41, 5.74) is 8.56. The van der Waals surface area contributed by atoms with Gasteiger partial charge in [-0.1, -0.05) is 84.9 Å². The molecule has 3 heterocycles. The zero-order valence-corrected chi connectivity index (χ0v) is 32.7. The minimum Gasteiger partial charge on any atom is -0.290 e. The first kappa shape index (κ1) is 37.2. The van der Waals surface area contributed by atoms with Gasteiger partial charge in [0, 0.05) is 33.8 Å². The van der Waals surface area contributed by atoms with Crippen molar-refractivity contribution in [2.75, 3.05) is 0 Å². The highest BCUT2D eigenvalue weighted by atomic mass is 15.2. The third-order valence-electron chi connectivity index (χ3n) is 10.8. The molecule has 0 aliphatic carbocycles. The molecule has 0 aliphatic rings. The lowest BCUT2D eigenvalue weighted by Crippen LogP contribution is -2.00. The molecule has 3 aromatic heterocycles. The molecule has 12 heteroatoms. The van der Waals surface area contributed by atoms with Crippen LogP contribution in [0.5, 0.6) is 0 Å². The lowest BCUT2D eigenvalue weighted by atomic mass is 10.1. The van der Waals surface area contributed by atoms with Gasteiger partial charge in [0.25, 0.3) is 0 Å². The molecule has 0 aliphatic heterocycles. The Bertz CT molecular complexity index is 3370. The van der Waals surface area contributed by atoms with Gasteiger partial charge in [-0.3, -0.25) is 23.4 Å². The molecule has 12 nitrogen and oxygen atoms in total. The molecule has 0 atom stereocenters. The van der Waals surface area contributed by atoms with E-state index in [1.54, 1.807) is 54.6 Å². The molecule has 0 N–H and O–H groups in total. The van der Waals surface area contributed by atoms with Crippen LogP contribution in [-0.4, -0.2) is 28.7 Å². The number of benzene rings is 7. The fourth-order valence-corrected chi connectivity index (χ4v) is 8.06. The van der Waals surface area contributed by atoms with Gasteiger partial charge in [-0.05, 0) is 60.7 Å². The first-order valence-corrected chi connectivity index (χ1v) is 19.3. The van der Waals surface area contributed by atoms with E-state index < -0.39 is 0 Å². The SMILES string of the molecule is [C-]#[N+]c1cc(-c2nc3c4c(nc(-c5ccc(C#N)c(C#N)c5)n4-c4ccccc4)c4c(nc(-c5ccc([N+]#[C-])c([N+]#[C-])c5)n4-c4ccccc4)c3n2-c2ccccc2)ccc1C#N. The van der Waals surface area contributed by atoms with Crippen LogP contribution in [0.4, 0.5) is 17.1 Å². The van der Waals surface area contributed by atoms with Crippen LogP contribution in [0.15, 0.2) is 146 Å². The fourth-order valence-electron chi connectivity index (χ4n) is 8.06. The number of nitrogens with zero attached hydrogens (tertiary/aromatic N) is 12. The van der Waals surface area contributed by atoms with E-state index in [4.69, 9.17) is 34.7 Å². The van der Waals surface area contributed by atoms with Gasteiger partial charge in [0.05, 0.1) is 42.5 Å². The van der Waals surface area contributed by atoms with Crippen molar-refractivity contribution in [2.24, 2.45) is 0 Å². The minimum atomic E-state index is 0.178. The summed E-state index contributed by atoms with van der Waals surface area (Å²) >= 11 is 0. The van der Waals surface area contributed by atoms with E-state index in [0.717, 1.165) is 17.1 Å². The Balaban J connectivity index is 1.49. The number of aromatic nitrogens is 6. The van der Waals surface area contributed by atoms with Gasteiger partial charge in [-0.25, -0.2) is 19.8 Å². The van der Waals surface area contributed by atoms with Crippen LogP contribution in [0.1, 0.15) is 16.7 Å². The smallest absolute Gasteiger partial charge is 0.205 e. The molecule has 0 amide bonds. The topological polar surface area (TPSA) is 138 Å². The molecule has 7 aromatic carbocycles. The fraction of sp³-hybridized carbons (Fsp3) is 0. The number of hydrogen-bond acceptors (Lipinski definition) is 6. The Kier molecular flexibility index (Phi) is 8.81. The van der Waals surface area contributed by atoms with Crippen molar-refractivity contribution in [1.82, 2.24) is 28.7 Å². The lowest BCUT2D eigenvalue weighted by Gasteiger charge is -2.13. The summed E-state index contributed by atoms with van der Waals surface area (Å²) in [6.07, 6.45) is 0. The number of nitriles is 3. The molecule has 288 valence electrons. The van der Waals surface area contributed by atoms with Crippen LogP contribution in [0, 0.1) is 53.7 Å². The van der Waals surface area contributed by atoms with Crippen molar-refractivity contribution in [3.8, 4) is 69.4 Å². The maximum atomic E-state index is 10.2. The van der Waals surface area contributed by atoms with Crippen molar-refractivity contribution < 1.29 is 0 Å². The van der Waals surface area contributed by atoms with Gasteiger partial charge < -0.3 is 0 Å². The maximum Gasteiger partial charge on any atom is 0.205 e. The van der Waals surface area contributed by atoms with E-state index in [1.807, 2.05) is 105 Å². The summed E-state index contributed by atoms with van der Waals surface area (Å²) in [6, 6.07) is 50.7. The lowest BCUT2D eigenvalue weighted by molar-refractivity contribution is 1.10. The number of rotatable bonds is 6. The molecule has 0 spiro atoms. The van der Waals surface area contributed by atoms with Gasteiger partial charge in [0.2, 0.25) is 5.69 Å². The van der Waals surface area contributed by atoms with Crippen LogP contribution in [-0.2, 0) is 0 Å². The molecule has 0 radical (unpaired) electrons. The maximum absolute atomic E-state index is 10.2. The van der Waals surface area contributed by atoms with Gasteiger partial charge in [-0.15, -0.1) is 0 Å². The highest BCUT2D eigenvalue weighted by Gasteiger charge is 2.31. The number of hydrogen-bond donors (Lipinski definition) is 0. The van der Waals surface area contributed by atoms with Gasteiger partial charge in [0.1, 0.15) is 62.7 Å². The quantitative estimate of drug-likeness (QED) is 0.153. The molecule has 10 aromatic rings. The predicted molar refractivity (Wildman–Crippen MR) is 240 cm³/mol. The second-order valence-electron chi connectivity index (χ2n) is 14.3. The Morgan fingerprint density at radius 1 is 0.381 bits per heavy atom. The Morgan fingerprint density at radius 2 is 0.746 bits per heavy atom. The molecule has 10 rings (SSSR count). The van der Waals surface area contributed by atoms with Crippen LogP contribution >= 0.6 is 0 Å². The second-order valence-corrected chi connectivity index (χ2v) is 14.3. The van der Waals surface area contributed by atoms with E-state index in [1.165, 1.54) is 0 Å². The summed E-state index contributed by atoms with van der Waals surface area (Å²) in [4.78, 5) is 27.3. The van der Waals surface area contributed by atoms with Crippen molar-refractivity contribution in [3.63, 3.8) is 0 Å². The first-order valence-electron chi connectivity index (χ1n) is 19.3. The Morgan fingerprint density at radius 3 is 1.14 bits per heavy atom. The zero-order valence-electron chi connectivity index (χ0n) is 32.7. The standard InChI is InChI=1S/C51H24N12/c1-55-40-24-23-33(27-42(40)57-3)51-60-45-47(63(51)39-17-11-6-12-18-39)43-46(61(37-13-7-4-8-14-37)49(58-43)31-19-21-34(28-52)36(25-31)30-54)44-48(45)62(38-15-9-5-10-16-38)50(59-44)32-20-22-35(29-53)41(26-32)56-2/h4-27H. The van der Waals surface area contributed by atoms with E-state index >= 15 is 0 Å². The first-order chi connectivity index (χ1) is 31.0. The van der Waals surface area contributed by atoms with E-state index in [-0.39, 0.29) is 33.8 Å². The van der Waals surface area contributed by atoms with Crippen molar-refractivity contribution in [2.45, 2.75) is 0 Å². The molecule has 0 unspecified atom stereocenters. The average molecular weight is 805 g/mol. The molecule has 0 bridgehead atoms. The van der Waals surface area contributed by atoms with E-state index in [0.29, 0.717) is 67.3 Å². The summed E-state index contributed by atoms with van der Waals surface area (Å²) in [7, 11) is 0. The average Bonchev–Trinajstić information content (AvgIpc) is 4.07. The van der Waals surface area contributed by atoms with Gasteiger partial charge in [-0.2, -0.15) is 15.8 Å². The van der Waals surface area contributed by atoms with Crippen LogP contribution in [0.3, 0.4) is 0 Å². The summed E-state index contributed by atoms with van der Waals surface area (Å²) in [6.45, 7) is 23.6. The van der Waals surface area contributed by atoms with Crippen LogP contribution in [0.2, 0.25) is 0 Å². The summed E-state index contributed by atoms with van der Waals surface area (Å²) < 4.78 is 6.01. The van der Waals surface area contributed by atoms with Crippen LogP contribution < -0.4 is 0 Å². The van der Waals surface area contributed by atoms with Crippen molar-refractivity contribution >= 4 is 50.2 Å². The van der Waals surface area contributed by atoms with Crippen molar-refractivity contribution in [3.05, 3.63) is 197 Å². The monoisotopic (exact) mass is 804 g/mol. The highest BCUT2D eigenvalue weighted by Crippen LogP contribution is 2.45. The third-order valence-corrected chi connectivity index (χ3v) is 10.8. The largest absolute Gasteiger partial charge is 0.290 e. The zero-order chi connectivity index (χ0) is 43.2. The van der Waals surface area contributed by atoms with Crippen LogP contribution in [0.25, 0.3) is 98.9 Å². The molecule has 0 saturated heterocycles. The van der Waals surface area contributed by atoms with Gasteiger partial charge >= 0.3 is 0 Å². The van der Waals surface area contributed by atoms with E-state index in [2.05, 4.69) is 32.7 Å². The normalized spacial score (nSPS) is 10.8. The number of fused-ring (bicyclic) bond motifs is 6. The van der Waals surface area contributed by atoms with E-state index in [9.17, 15) is 15.8 Å². The molecule has 63 heavy (non-hydrogen) atoms. The Labute approximate surface area is 359 Å². The van der Waals surface area contributed by atoms with Crippen molar-refractivity contribution in [1.29, 1.82) is 15.8 Å². The number of imidazole rings is 3. The predicted octanol–water partition coefficient (Wildman–Crippen LogP) is 12.0. The summed E-state index contributed by atoms with van der Waals surface area (Å²) in [5, 5.41) is 29.9. The highest BCUT2D eigenvalue weighted by molar-refractivity contribution is 6.22. The summed E-state index contributed by atoms with van der Waals surface area (Å²) in [5.74, 6) is 1.41. The minimum absolute atomic E-state index is 0.178. The number of para-hydroxylation sites is 3. The third kappa shape index (κ3) is 5.83. The van der Waals surface area contributed by atoms with Gasteiger partial charge in [0.15, 0.2) is 11.4 Å².